The summed E-state index contributed by atoms with van der Waals surface area (Å²) in [5, 5.41) is 2.85. The van der Waals surface area contributed by atoms with Crippen LogP contribution < -0.4 is 15.9 Å². The summed E-state index contributed by atoms with van der Waals surface area (Å²) in [6.45, 7) is 1.78. The molecule has 0 unspecified atom stereocenters. The molecule has 9 heteroatoms. The highest BCUT2D eigenvalue weighted by Crippen LogP contribution is 2.27. The van der Waals surface area contributed by atoms with Gasteiger partial charge in [-0.15, -0.1) is 0 Å². The van der Waals surface area contributed by atoms with Gasteiger partial charge >= 0.3 is 5.69 Å². The molecule has 2 N–H and O–H groups in total. The number of amides is 1. The van der Waals surface area contributed by atoms with E-state index in [4.69, 9.17) is 0 Å². The Morgan fingerprint density at radius 1 is 1.09 bits per heavy atom. The number of nitrogens with zero attached hydrogens (tertiary/aromatic N) is 4. The molecule has 1 amide bonds. The largest absolute Gasteiger partial charge is 0.356 e. The van der Waals surface area contributed by atoms with Crippen molar-refractivity contribution in [3.8, 4) is 0 Å². The van der Waals surface area contributed by atoms with Gasteiger partial charge in [0.2, 0.25) is 0 Å². The Bertz CT molecular complexity index is 1370. The number of carbonyl (C=O) groups excluding carboxylic acids is 1. The summed E-state index contributed by atoms with van der Waals surface area (Å²) in [5.41, 5.74) is 2.37. The number of rotatable bonds is 6. The summed E-state index contributed by atoms with van der Waals surface area (Å²) in [6.07, 6.45) is 5.28. The predicted octanol–water partition coefficient (Wildman–Crippen LogP) is 3.07. The van der Waals surface area contributed by atoms with Crippen LogP contribution in [0.4, 0.5) is 10.2 Å². The van der Waals surface area contributed by atoms with Crippen LogP contribution in [0.3, 0.4) is 0 Å². The first kappa shape index (κ1) is 21.8. The summed E-state index contributed by atoms with van der Waals surface area (Å²) >= 11 is 0. The Kier molecular flexibility index (Phi) is 6.07. The molecule has 8 nitrogen and oxygen atoms in total. The van der Waals surface area contributed by atoms with Gasteiger partial charge in [0.25, 0.3) is 5.91 Å². The first-order valence-electron chi connectivity index (χ1n) is 11.4. The lowest BCUT2D eigenvalue weighted by Gasteiger charge is -2.33. The van der Waals surface area contributed by atoms with E-state index in [9.17, 15) is 14.0 Å². The number of imidazole rings is 1. The van der Waals surface area contributed by atoms with Crippen molar-refractivity contribution in [3.63, 3.8) is 0 Å². The van der Waals surface area contributed by atoms with Gasteiger partial charge in [-0.05, 0) is 55.2 Å². The average molecular weight is 461 g/mol. The maximum absolute atomic E-state index is 13.8. The van der Waals surface area contributed by atoms with Gasteiger partial charge in [0.1, 0.15) is 11.6 Å². The monoisotopic (exact) mass is 460 g/mol. The minimum atomic E-state index is -0.266. The van der Waals surface area contributed by atoms with E-state index in [-0.39, 0.29) is 23.5 Å². The molecule has 1 saturated heterocycles. The summed E-state index contributed by atoms with van der Waals surface area (Å²) in [5.74, 6) is 0.248. The van der Waals surface area contributed by atoms with Crippen molar-refractivity contribution in [1.82, 2.24) is 24.8 Å². The molecule has 3 aromatic heterocycles. The molecule has 1 aliphatic rings. The van der Waals surface area contributed by atoms with Crippen LogP contribution in [0.2, 0.25) is 0 Å². The van der Waals surface area contributed by atoms with Crippen LogP contribution in [0.15, 0.2) is 65.7 Å². The van der Waals surface area contributed by atoms with Crippen LogP contribution in [0.25, 0.3) is 11.2 Å². The molecule has 4 heterocycles. The predicted molar refractivity (Wildman–Crippen MR) is 128 cm³/mol. The molecular formula is C25H25FN6O2. The van der Waals surface area contributed by atoms with Crippen LogP contribution in [0, 0.1) is 5.82 Å². The molecule has 4 aromatic rings. The average Bonchev–Trinajstić information content (AvgIpc) is 3.21. The number of nitrogens with one attached hydrogen (secondary N) is 2. The van der Waals surface area contributed by atoms with E-state index in [1.807, 2.05) is 12.1 Å². The first-order chi connectivity index (χ1) is 16.6. The highest BCUT2D eigenvalue weighted by molar-refractivity contribution is 5.94. The van der Waals surface area contributed by atoms with E-state index >= 15 is 0 Å². The van der Waals surface area contributed by atoms with Crippen LogP contribution in [0.5, 0.6) is 0 Å². The number of aromatic nitrogens is 4. The Morgan fingerprint density at radius 2 is 1.91 bits per heavy atom. The number of halogens is 1. The zero-order valence-corrected chi connectivity index (χ0v) is 18.6. The van der Waals surface area contributed by atoms with Gasteiger partial charge in [-0.3, -0.25) is 14.3 Å². The van der Waals surface area contributed by atoms with Gasteiger partial charge in [-0.1, -0.05) is 18.2 Å². The van der Waals surface area contributed by atoms with E-state index in [0.717, 1.165) is 37.3 Å². The smallest absolute Gasteiger partial charge is 0.327 e. The number of aromatic amines is 1. The van der Waals surface area contributed by atoms with E-state index in [1.54, 1.807) is 47.3 Å². The molecule has 5 rings (SSSR count). The van der Waals surface area contributed by atoms with Crippen LogP contribution >= 0.6 is 0 Å². The number of fused-ring (bicyclic) bond motifs is 1. The fourth-order valence-electron chi connectivity index (χ4n) is 4.52. The normalized spacial score (nSPS) is 14.4. The number of piperidine rings is 1. The van der Waals surface area contributed by atoms with Crippen molar-refractivity contribution in [2.45, 2.75) is 25.3 Å². The van der Waals surface area contributed by atoms with Crippen molar-refractivity contribution >= 4 is 22.9 Å². The summed E-state index contributed by atoms with van der Waals surface area (Å²) < 4.78 is 15.6. The molecule has 1 aromatic carbocycles. The Morgan fingerprint density at radius 3 is 2.74 bits per heavy atom. The third-order valence-electron chi connectivity index (χ3n) is 6.29. The molecule has 0 spiro atoms. The molecule has 1 fully saturated rings. The quantitative estimate of drug-likeness (QED) is 0.461. The van der Waals surface area contributed by atoms with Gasteiger partial charge in [0, 0.05) is 43.6 Å². The fraction of sp³-hybridized carbons (Fsp3) is 0.280. The Hall–Kier alpha value is -4.01. The highest BCUT2D eigenvalue weighted by Gasteiger charge is 2.25. The van der Waals surface area contributed by atoms with Crippen molar-refractivity contribution in [2.24, 2.45) is 0 Å². The maximum Gasteiger partial charge on any atom is 0.327 e. The SMILES string of the molecule is O=C(NCCc1ccccc1F)c1ccnc(N2CCC(n3c(=O)[nH]c4ncccc43)CC2)c1. The number of hydrogen-bond acceptors (Lipinski definition) is 5. The standard InChI is InChI=1S/C25H25FN6O2/c26-20-5-2-1-4-17(20)7-13-29-24(33)18-8-12-27-22(16-18)31-14-9-19(10-15-31)32-21-6-3-11-28-23(21)30-25(32)34/h1-6,8,11-12,16,19H,7,9-10,13-15H2,(H,29,33)(H,28,30,34). The molecule has 0 radical (unpaired) electrons. The lowest BCUT2D eigenvalue weighted by molar-refractivity contribution is 0.0954. The molecular weight excluding hydrogens is 435 g/mol. The summed E-state index contributed by atoms with van der Waals surface area (Å²) in [6, 6.07) is 13.8. The van der Waals surface area contributed by atoms with E-state index in [2.05, 4.69) is 25.2 Å². The zero-order valence-electron chi connectivity index (χ0n) is 18.6. The van der Waals surface area contributed by atoms with Gasteiger partial charge in [0.15, 0.2) is 5.65 Å². The lowest BCUT2D eigenvalue weighted by Crippen LogP contribution is -2.37. The lowest BCUT2D eigenvalue weighted by atomic mass is 10.0. The summed E-state index contributed by atoms with van der Waals surface area (Å²) in [7, 11) is 0. The van der Waals surface area contributed by atoms with Crippen LogP contribution in [-0.2, 0) is 6.42 Å². The van der Waals surface area contributed by atoms with Crippen LogP contribution in [-0.4, -0.2) is 45.1 Å². The minimum absolute atomic E-state index is 0.0755. The molecule has 1 aliphatic heterocycles. The number of benzene rings is 1. The number of anilines is 1. The van der Waals surface area contributed by atoms with Crippen molar-refractivity contribution < 1.29 is 9.18 Å². The summed E-state index contributed by atoms with van der Waals surface area (Å²) in [4.78, 5) is 38.7. The van der Waals surface area contributed by atoms with Gasteiger partial charge in [-0.2, -0.15) is 0 Å². The highest BCUT2D eigenvalue weighted by atomic mass is 19.1. The second kappa shape index (κ2) is 9.46. The van der Waals surface area contributed by atoms with Gasteiger partial charge in [-0.25, -0.2) is 19.2 Å². The molecule has 0 aliphatic carbocycles. The third kappa shape index (κ3) is 4.41. The van der Waals surface area contributed by atoms with E-state index in [1.165, 1.54) is 6.07 Å². The van der Waals surface area contributed by atoms with E-state index in [0.29, 0.717) is 29.7 Å². The van der Waals surface area contributed by atoms with E-state index < -0.39 is 0 Å². The topological polar surface area (TPSA) is 95.9 Å². The second-order valence-corrected chi connectivity index (χ2v) is 8.39. The minimum Gasteiger partial charge on any atom is -0.356 e. The van der Waals surface area contributed by atoms with Crippen molar-refractivity contribution in [1.29, 1.82) is 0 Å². The zero-order chi connectivity index (χ0) is 23.5. The second-order valence-electron chi connectivity index (χ2n) is 8.39. The fourth-order valence-corrected chi connectivity index (χ4v) is 4.52. The molecule has 0 saturated carbocycles. The number of hydrogen-bond donors (Lipinski definition) is 2. The number of H-pyrrole nitrogens is 1. The maximum atomic E-state index is 13.8. The van der Waals surface area contributed by atoms with Gasteiger partial charge in [0.05, 0.1) is 5.52 Å². The number of pyridine rings is 2. The molecule has 0 bridgehead atoms. The molecule has 174 valence electrons. The number of carbonyl (C=O) groups is 1. The molecule has 34 heavy (non-hydrogen) atoms. The van der Waals surface area contributed by atoms with Gasteiger partial charge < -0.3 is 10.2 Å². The Labute approximate surface area is 195 Å². The third-order valence-corrected chi connectivity index (χ3v) is 6.29. The van der Waals surface area contributed by atoms with Crippen molar-refractivity contribution in [2.75, 3.05) is 24.5 Å². The Balaban J connectivity index is 1.21. The first-order valence-corrected chi connectivity index (χ1v) is 11.4. The van der Waals surface area contributed by atoms with Crippen molar-refractivity contribution in [3.05, 3.63) is 88.4 Å². The molecule has 0 atom stereocenters. The van der Waals surface area contributed by atoms with Crippen LogP contribution in [0.1, 0.15) is 34.8 Å².